The number of alkyl halides is 3. The molecule has 1 aliphatic carbocycles. The Bertz CT molecular complexity index is 1550. The van der Waals surface area contributed by atoms with Crippen molar-refractivity contribution in [3.05, 3.63) is 99.8 Å². The zero-order chi connectivity index (χ0) is 32.7. The molecule has 1 aromatic heterocycles. The number of nitrogens with zero attached hydrogens (tertiary/aromatic N) is 4. The highest BCUT2D eigenvalue weighted by Crippen LogP contribution is 2.60. The highest BCUT2D eigenvalue weighted by Gasteiger charge is 2.62. The Labute approximate surface area is 265 Å². The van der Waals surface area contributed by atoms with E-state index in [9.17, 15) is 18.0 Å². The van der Waals surface area contributed by atoms with Gasteiger partial charge in [-0.05, 0) is 59.1 Å². The van der Waals surface area contributed by atoms with Crippen LogP contribution >= 0.6 is 23.2 Å². The Balaban J connectivity index is 0.000000297. The predicted octanol–water partition coefficient (Wildman–Crippen LogP) is 8.73. The molecule has 0 saturated heterocycles. The third-order valence-corrected chi connectivity index (χ3v) is 8.12. The summed E-state index contributed by atoms with van der Waals surface area (Å²) < 4.78 is 43.4. The van der Waals surface area contributed by atoms with Crippen molar-refractivity contribution in [3.63, 3.8) is 0 Å². The molecule has 0 radical (unpaired) electrons. The monoisotopic (exact) mass is 644 g/mol. The molecular formula is C33H33Cl2F3N4O2. The van der Waals surface area contributed by atoms with Crippen LogP contribution in [0, 0.1) is 35.6 Å². The lowest BCUT2D eigenvalue weighted by Crippen LogP contribution is -2.23. The van der Waals surface area contributed by atoms with Gasteiger partial charge in [-0.1, -0.05) is 97.7 Å². The molecule has 1 saturated carbocycles. The van der Waals surface area contributed by atoms with E-state index in [0.29, 0.717) is 17.5 Å². The number of aliphatic imine (C=N–C) groups is 1. The fourth-order valence-corrected chi connectivity index (χ4v) is 4.89. The van der Waals surface area contributed by atoms with Gasteiger partial charge >= 0.3 is 12.1 Å². The van der Waals surface area contributed by atoms with Crippen molar-refractivity contribution in [2.45, 2.75) is 47.0 Å². The van der Waals surface area contributed by atoms with Crippen LogP contribution in [0.4, 0.5) is 13.2 Å². The molecule has 2 aromatic carbocycles. The Kier molecular flexibility index (Phi) is 11.6. The van der Waals surface area contributed by atoms with Crippen LogP contribution in [0.25, 0.3) is 11.1 Å². The predicted molar refractivity (Wildman–Crippen MR) is 167 cm³/mol. The van der Waals surface area contributed by atoms with Gasteiger partial charge in [-0.15, -0.1) is 0 Å². The van der Waals surface area contributed by atoms with Crippen molar-refractivity contribution < 1.29 is 22.7 Å². The van der Waals surface area contributed by atoms with E-state index < -0.39 is 34.4 Å². The summed E-state index contributed by atoms with van der Waals surface area (Å²) in [4.78, 5) is 21.9. The van der Waals surface area contributed by atoms with Crippen LogP contribution in [-0.4, -0.2) is 34.9 Å². The Morgan fingerprint density at radius 3 is 2.41 bits per heavy atom. The molecule has 4 rings (SSSR count). The molecule has 0 spiro atoms. The van der Waals surface area contributed by atoms with Gasteiger partial charge in [0.2, 0.25) is 6.19 Å². The molecule has 0 aliphatic heterocycles. The van der Waals surface area contributed by atoms with Gasteiger partial charge in [-0.3, -0.25) is 4.79 Å². The number of benzene rings is 2. The molecule has 6 nitrogen and oxygen atoms in total. The topological polar surface area (TPSA) is 78.6 Å². The fourth-order valence-electron chi connectivity index (χ4n) is 4.64. The SMILES string of the molecule is CC(=NC#N)N(C)Cc1ccc(Cl)nc1.Cc1cc(-c2ccccc2)ccc1COC(=O)[C@H]1[C@@H](/C=C(/Cl)C(F)(F)F)C1(C)C. The first-order valence-electron chi connectivity index (χ1n) is 13.7. The second-order valence-corrected chi connectivity index (χ2v) is 11.9. The number of aryl methyl sites for hydroxylation is 1. The van der Waals surface area contributed by atoms with E-state index in [2.05, 4.69) is 9.98 Å². The summed E-state index contributed by atoms with van der Waals surface area (Å²) in [6.07, 6.45) is -0.221. The summed E-state index contributed by atoms with van der Waals surface area (Å²) in [7, 11) is 1.87. The summed E-state index contributed by atoms with van der Waals surface area (Å²) in [6, 6.07) is 19.4. The lowest BCUT2D eigenvalue weighted by molar-refractivity contribution is -0.147. The van der Waals surface area contributed by atoms with Gasteiger partial charge in [0.25, 0.3) is 0 Å². The number of carbonyl (C=O) groups excluding carboxylic acids is 1. The first-order valence-corrected chi connectivity index (χ1v) is 14.4. The minimum Gasteiger partial charge on any atom is -0.461 e. The van der Waals surface area contributed by atoms with E-state index in [1.165, 1.54) is 0 Å². The fraction of sp³-hybridized carbons (Fsp3) is 0.333. The number of carbonyl (C=O) groups is 1. The summed E-state index contributed by atoms with van der Waals surface area (Å²) in [5, 5.41) is 7.67. The quantitative estimate of drug-likeness (QED) is 0.0845. The summed E-state index contributed by atoms with van der Waals surface area (Å²) >= 11 is 11.0. The highest BCUT2D eigenvalue weighted by atomic mass is 35.5. The van der Waals surface area contributed by atoms with Gasteiger partial charge in [0.1, 0.15) is 22.6 Å². The van der Waals surface area contributed by atoms with E-state index in [4.69, 9.17) is 33.2 Å². The van der Waals surface area contributed by atoms with Crippen LogP contribution in [-0.2, 0) is 22.7 Å². The largest absolute Gasteiger partial charge is 0.461 e. The molecule has 2 atom stereocenters. The van der Waals surface area contributed by atoms with Crippen molar-refractivity contribution in [3.8, 4) is 17.3 Å². The Hall–Kier alpha value is -3.87. The molecule has 0 bridgehead atoms. The van der Waals surface area contributed by atoms with Crippen LogP contribution < -0.4 is 0 Å². The maximum atomic E-state index is 12.7. The molecule has 1 fully saturated rings. The number of rotatable bonds is 7. The lowest BCUT2D eigenvalue weighted by atomic mass is 10.0. The number of nitriles is 1. The van der Waals surface area contributed by atoms with Gasteiger partial charge in [0, 0.05) is 19.8 Å². The smallest absolute Gasteiger partial charge is 0.426 e. The summed E-state index contributed by atoms with van der Waals surface area (Å²) in [5.41, 5.74) is 4.40. The van der Waals surface area contributed by atoms with Crippen molar-refractivity contribution in [2.24, 2.45) is 22.2 Å². The zero-order valence-electron chi connectivity index (χ0n) is 25.0. The molecule has 1 heterocycles. The second-order valence-electron chi connectivity index (χ2n) is 11.1. The van der Waals surface area contributed by atoms with Gasteiger partial charge in [0.15, 0.2) is 0 Å². The molecule has 1 aliphatic rings. The molecule has 11 heteroatoms. The maximum Gasteiger partial charge on any atom is 0.426 e. The third kappa shape index (κ3) is 9.31. The number of hydrogen-bond acceptors (Lipinski definition) is 5. The van der Waals surface area contributed by atoms with Crippen LogP contribution in [0.1, 0.15) is 37.5 Å². The molecule has 3 aromatic rings. The van der Waals surface area contributed by atoms with Gasteiger partial charge in [-0.25, -0.2) is 4.98 Å². The number of aromatic nitrogens is 1. The van der Waals surface area contributed by atoms with Crippen LogP contribution in [0.15, 0.2) is 83.0 Å². The number of esters is 1. The van der Waals surface area contributed by atoms with E-state index >= 15 is 0 Å². The van der Waals surface area contributed by atoms with Gasteiger partial charge < -0.3 is 9.64 Å². The number of hydrogen-bond donors (Lipinski definition) is 0. The van der Waals surface area contributed by atoms with Crippen molar-refractivity contribution in [2.75, 3.05) is 7.05 Å². The Morgan fingerprint density at radius 2 is 1.84 bits per heavy atom. The average molecular weight is 646 g/mol. The number of ether oxygens (including phenoxy) is 1. The second kappa shape index (κ2) is 14.7. The molecule has 0 unspecified atom stereocenters. The van der Waals surface area contributed by atoms with Crippen LogP contribution in [0.3, 0.4) is 0 Å². The van der Waals surface area contributed by atoms with E-state index in [1.807, 2.05) is 73.5 Å². The molecule has 0 amide bonds. The lowest BCUT2D eigenvalue weighted by Gasteiger charge is -2.17. The minimum atomic E-state index is -4.60. The first-order chi connectivity index (χ1) is 20.6. The van der Waals surface area contributed by atoms with Crippen molar-refractivity contribution >= 4 is 35.0 Å². The summed E-state index contributed by atoms with van der Waals surface area (Å²) in [6.45, 7) is 7.93. The van der Waals surface area contributed by atoms with Crippen molar-refractivity contribution in [1.82, 2.24) is 9.88 Å². The maximum absolute atomic E-state index is 12.7. The number of pyridine rings is 1. The molecule has 44 heavy (non-hydrogen) atoms. The number of halogens is 5. The van der Waals surface area contributed by atoms with Crippen LogP contribution in [0.5, 0.6) is 0 Å². The average Bonchev–Trinajstić information content (AvgIpc) is 3.52. The van der Waals surface area contributed by atoms with E-state index in [1.54, 1.807) is 39.2 Å². The van der Waals surface area contributed by atoms with E-state index in [0.717, 1.165) is 33.9 Å². The standard InChI is InChI=1S/C23H22ClF3O2.C10H11ClN4/c1-14-11-16(15-7-5-4-6-8-15)9-10-17(14)13-29-21(28)20-18(22(20,2)3)12-19(24)23(25,26)27;1-8(14-7-12)15(2)6-9-3-4-10(11)13-5-9/h4-12,18,20H,13H2,1-3H3;3-5H,6H2,1-2H3/b19-12+;/t18-,20-;/m1./s1. The molecule has 0 N–H and O–H groups in total. The minimum absolute atomic E-state index is 0.0791. The Morgan fingerprint density at radius 1 is 1.16 bits per heavy atom. The van der Waals surface area contributed by atoms with Gasteiger partial charge in [-0.2, -0.15) is 23.4 Å². The first kappa shape index (κ1) is 34.6. The summed E-state index contributed by atoms with van der Waals surface area (Å²) in [5.74, 6) is -1.06. The van der Waals surface area contributed by atoms with Crippen molar-refractivity contribution in [1.29, 1.82) is 5.26 Å². The van der Waals surface area contributed by atoms with Crippen LogP contribution in [0.2, 0.25) is 5.15 Å². The zero-order valence-corrected chi connectivity index (χ0v) is 26.5. The van der Waals surface area contributed by atoms with E-state index in [-0.39, 0.29) is 6.61 Å². The molecule has 232 valence electrons. The third-order valence-electron chi connectivity index (χ3n) is 7.55. The number of amidine groups is 1. The molecular weight excluding hydrogens is 612 g/mol. The number of allylic oxidation sites excluding steroid dienone is 2. The highest BCUT2D eigenvalue weighted by molar-refractivity contribution is 6.30. The van der Waals surface area contributed by atoms with Gasteiger partial charge in [0.05, 0.1) is 5.92 Å². The normalized spacial score (nSPS) is 17.6.